The van der Waals surface area contributed by atoms with E-state index in [4.69, 9.17) is 21.1 Å². The zero-order chi connectivity index (χ0) is 22.3. The summed E-state index contributed by atoms with van der Waals surface area (Å²) in [6.07, 6.45) is 0. The second kappa shape index (κ2) is 10.3. The van der Waals surface area contributed by atoms with Gasteiger partial charge in [-0.15, -0.1) is 0 Å². The average molecular weight is 433 g/mol. The Morgan fingerprint density at radius 1 is 1.10 bits per heavy atom. The van der Waals surface area contributed by atoms with Crippen molar-refractivity contribution in [2.45, 2.75) is 45.8 Å². The summed E-state index contributed by atoms with van der Waals surface area (Å²) in [5.74, 6) is 0.680. The topological polar surface area (TPSA) is 67.9 Å². The number of halogens is 1. The molecule has 0 aliphatic rings. The molecule has 0 bridgehead atoms. The van der Waals surface area contributed by atoms with E-state index in [1.165, 1.54) is 4.90 Å². The number of nitrogens with zero attached hydrogens (tertiary/aromatic N) is 1. The second-order valence-corrected chi connectivity index (χ2v) is 8.47. The van der Waals surface area contributed by atoms with Gasteiger partial charge < -0.3 is 19.7 Å². The van der Waals surface area contributed by atoms with Gasteiger partial charge in [-0.25, -0.2) is 0 Å². The molecule has 7 heteroatoms. The van der Waals surface area contributed by atoms with Crippen LogP contribution in [0, 0.1) is 0 Å². The Kier molecular flexibility index (Phi) is 8.12. The van der Waals surface area contributed by atoms with Gasteiger partial charge in [-0.1, -0.05) is 23.7 Å². The molecule has 0 heterocycles. The van der Waals surface area contributed by atoms with Gasteiger partial charge in [0.25, 0.3) is 5.91 Å². The summed E-state index contributed by atoms with van der Waals surface area (Å²) in [5.41, 5.74) is 0.445. The van der Waals surface area contributed by atoms with Gasteiger partial charge in [0.05, 0.1) is 7.11 Å². The van der Waals surface area contributed by atoms with Crippen LogP contribution in [0.2, 0.25) is 5.02 Å². The first-order valence-electron chi connectivity index (χ1n) is 9.72. The lowest BCUT2D eigenvalue weighted by atomic mass is 10.1. The summed E-state index contributed by atoms with van der Waals surface area (Å²) >= 11 is 5.88. The van der Waals surface area contributed by atoms with Gasteiger partial charge in [-0.3, -0.25) is 9.59 Å². The molecule has 1 atom stereocenters. The Morgan fingerprint density at radius 3 is 2.37 bits per heavy atom. The molecule has 0 aliphatic heterocycles. The molecule has 0 radical (unpaired) electrons. The predicted molar refractivity (Wildman–Crippen MR) is 118 cm³/mol. The second-order valence-electron chi connectivity index (χ2n) is 8.03. The molecule has 2 rings (SSSR count). The van der Waals surface area contributed by atoms with E-state index >= 15 is 0 Å². The summed E-state index contributed by atoms with van der Waals surface area (Å²) in [6, 6.07) is 13.5. The summed E-state index contributed by atoms with van der Waals surface area (Å²) in [6.45, 7) is 7.46. The summed E-state index contributed by atoms with van der Waals surface area (Å²) in [7, 11) is 1.58. The van der Waals surface area contributed by atoms with Crippen LogP contribution in [0.25, 0.3) is 0 Å². The minimum Gasteiger partial charge on any atom is -0.497 e. The number of rotatable bonds is 8. The lowest BCUT2D eigenvalue weighted by molar-refractivity contribution is -0.142. The quantitative estimate of drug-likeness (QED) is 0.683. The number of carbonyl (C=O) groups is 2. The molecule has 0 saturated heterocycles. The SMILES string of the molecule is COc1cccc(CN(C(=O)COc2ccc(Cl)cc2)[C@@H](C)C(=O)NC(C)(C)C)c1. The fourth-order valence-corrected chi connectivity index (χ4v) is 2.91. The molecule has 2 amide bonds. The van der Waals surface area contributed by atoms with Crippen LogP contribution in [0.15, 0.2) is 48.5 Å². The van der Waals surface area contributed by atoms with Gasteiger partial charge in [0.15, 0.2) is 6.61 Å². The van der Waals surface area contributed by atoms with Crippen molar-refractivity contribution in [1.82, 2.24) is 10.2 Å². The Labute approximate surface area is 183 Å². The zero-order valence-corrected chi connectivity index (χ0v) is 18.8. The van der Waals surface area contributed by atoms with Crippen LogP contribution in [0.3, 0.4) is 0 Å². The standard InChI is InChI=1S/C23H29ClN2O4/c1-16(22(28)25-23(2,3)4)26(14-17-7-6-8-20(13-17)29-5)21(27)15-30-19-11-9-18(24)10-12-19/h6-13,16H,14-15H2,1-5H3,(H,25,28)/t16-/m0/s1. The smallest absolute Gasteiger partial charge is 0.261 e. The van der Waals surface area contributed by atoms with Gasteiger partial charge >= 0.3 is 0 Å². The molecule has 162 valence electrons. The molecular weight excluding hydrogens is 404 g/mol. The molecule has 0 saturated carbocycles. The minimum absolute atomic E-state index is 0.196. The molecule has 0 aliphatic carbocycles. The van der Waals surface area contributed by atoms with Crippen LogP contribution in [0.1, 0.15) is 33.3 Å². The lowest BCUT2D eigenvalue weighted by Crippen LogP contribution is -2.53. The van der Waals surface area contributed by atoms with Crippen LogP contribution in [0.5, 0.6) is 11.5 Å². The molecule has 0 aromatic heterocycles. The van der Waals surface area contributed by atoms with Crippen LogP contribution >= 0.6 is 11.6 Å². The average Bonchev–Trinajstić information content (AvgIpc) is 2.69. The van der Waals surface area contributed by atoms with E-state index in [2.05, 4.69) is 5.32 Å². The first kappa shape index (κ1) is 23.5. The van der Waals surface area contributed by atoms with E-state index in [9.17, 15) is 9.59 Å². The fourth-order valence-electron chi connectivity index (χ4n) is 2.78. The van der Waals surface area contributed by atoms with E-state index in [0.717, 1.165) is 5.56 Å². The molecule has 1 N–H and O–H groups in total. The van der Waals surface area contributed by atoms with Gasteiger partial charge in [0, 0.05) is 17.1 Å². The highest BCUT2D eigenvalue weighted by Crippen LogP contribution is 2.18. The van der Waals surface area contributed by atoms with E-state index in [1.54, 1.807) is 38.3 Å². The van der Waals surface area contributed by atoms with Crippen LogP contribution < -0.4 is 14.8 Å². The van der Waals surface area contributed by atoms with Gasteiger partial charge in [-0.2, -0.15) is 0 Å². The van der Waals surface area contributed by atoms with E-state index in [0.29, 0.717) is 16.5 Å². The maximum atomic E-state index is 13.0. The molecule has 0 unspecified atom stereocenters. The largest absolute Gasteiger partial charge is 0.497 e. The third kappa shape index (κ3) is 7.26. The fraction of sp³-hybridized carbons (Fsp3) is 0.391. The Morgan fingerprint density at radius 2 is 1.77 bits per heavy atom. The van der Waals surface area contributed by atoms with E-state index < -0.39 is 11.6 Å². The van der Waals surface area contributed by atoms with Crippen molar-refractivity contribution < 1.29 is 19.1 Å². The lowest BCUT2D eigenvalue weighted by Gasteiger charge is -2.31. The number of methoxy groups -OCH3 is 1. The molecule has 0 fully saturated rings. The van der Waals surface area contributed by atoms with Crippen molar-refractivity contribution in [3.63, 3.8) is 0 Å². The number of benzene rings is 2. The Bertz CT molecular complexity index is 862. The first-order valence-corrected chi connectivity index (χ1v) is 10.1. The molecule has 2 aromatic rings. The van der Waals surface area contributed by atoms with Crippen molar-refractivity contribution in [1.29, 1.82) is 0 Å². The molecule has 0 spiro atoms. The van der Waals surface area contributed by atoms with Crippen molar-refractivity contribution in [3.8, 4) is 11.5 Å². The van der Waals surface area contributed by atoms with Gasteiger partial charge in [0.1, 0.15) is 17.5 Å². The van der Waals surface area contributed by atoms with E-state index in [1.807, 2.05) is 45.0 Å². The van der Waals surface area contributed by atoms with Crippen LogP contribution in [-0.4, -0.2) is 42.0 Å². The number of ether oxygens (including phenoxy) is 2. The molecule has 30 heavy (non-hydrogen) atoms. The van der Waals surface area contributed by atoms with E-state index in [-0.39, 0.29) is 25.0 Å². The Hall–Kier alpha value is -2.73. The highest BCUT2D eigenvalue weighted by atomic mass is 35.5. The molecule has 2 aromatic carbocycles. The van der Waals surface area contributed by atoms with Gasteiger partial charge in [0.2, 0.25) is 5.91 Å². The van der Waals surface area contributed by atoms with Crippen molar-refractivity contribution >= 4 is 23.4 Å². The summed E-state index contributed by atoms with van der Waals surface area (Å²) in [4.78, 5) is 27.3. The highest BCUT2D eigenvalue weighted by Gasteiger charge is 2.28. The molecule has 6 nitrogen and oxygen atoms in total. The summed E-state index contributed by atoms with van der Waals surface area (Å²) < 4.78 is 10.9. The van der Waals surface area contributed by atoms with Crippen molar-refractivity contribution in [2.24, 2.45) is 0 Å². The molecular formula is C23H29ClN2O4. The normalized spacial score (nSPS) is 12.1. The predicted octanol–water partition coefficient (Wildman–Crippen LogP) is 4.06. The maximum Gasteiger partial charge on any atom is 0.261 e. The minimum atomic E-state index is -0.684. The number of amides is 2. The summed E-state index contributed by atoms with van der Waals surface area (Å²) in [5, 5.41) is 3.51. The number of hydrogen-bond donors (Lipinski definition) is 1. The van der Waals surface area contributed by atoms with Gasteiger partial charge in [-0.05, 0) is 69.7 Å². The Balaban J connectivity index is 2.18. The van der Waals surface area contributed by atoms with Crippen LogP contribution in [0.4, 0.5) is 0 Å². The first-order chi connectivity index (χ1) is 14.1. The third-order valence-corrected chi connectivity index (χ3v) is 4.58. The number of hydrogen-bond acceptors (Lipinski definition) is 4. The highest BCUT2D eigenvalue weighted by molar-refractivity contribution is 6.30. The monoisotopic (exact) mass is 432 g/mol. The van der Waals surface area contributed by atoms with Crippen LogP contribution in [-0.2, 0) is 16.1 Å². The number of carbonyl (C=O) groups excluding carboxylic acids is 2. The maximum absolute atomic E-state index is 13.0. The number of nitrogens with one attached hydrogen (secondary N) is 1. The third-order valence-electron chi connectivity index (χ3n) is 4.33. The zero-order valence-electron chi connectivity index (χ0n) is 18.1. The van der Waals surface area contributed by atoms with Crippen molar-refractivity contribution in [3.05, 3.63) is 59.1 Å². The van der Waals surface area contributed by atoms with Crippen molar-refractivity contribution in [2.75, 3.05) is 13.7 Å².